The number of rotatable bonds is 9. The van der Waals surface area contributed by atoms with E-state index in [1.54, 1.807) is 30.9 Å². The molecular weight excluding hydrogens is 442 g/mol. The fourth-order valence-electron chi connectivity index (χ4n) is 3.22. The molecule has 2 N–H and O–H groups in total. The molecule has 1 aliphatic heterocycles. The summed E-state index contributed by atoms with van der Waals surface area (Å²) < 4.78 is 51.3. The lowest BCUT2D eigenvalue weighted by Crippen LogP contribution is -2.31. The molecule has 3 rings (SSSR count). The van der Waals surface area contributed by atoms with Crippen LogP contribution in [0.15, 0.2) is 52.4 Å². The molecule has 2 heterocycles. The summed E-state index contributed by atoms with van der Waals surface area (Å²) in [6, 6.07) is 8.74. The minimum absolute atomic E-state index is 0.0103. The van der Waals surface area contributed by atoms with Crippen LogP contribution in [-0.4, -0.2) is 51.7 Å². The Hall–Kier alpha value is -2.54. The maximum Gasteiger partial charge on any atom is 0.257 e. The van der Waals surface area contributed by atoms with Gasteiger partial charge in [0.15, 0.2) is 0 Å². The van der Waals surface area contributed by atoms with Crippen molar-refractivity contribution < 1.29 is 21.6 Å². The summed E-state index contributed by atoms with van der Waals surface area (Å²) in [6.45, 7) is 4.78. The van der Waals surface area contributed by atoms with E-state index in [4.69, 9.17) is 0 Å². The van der Waals surface area contributed by atoms with E-state index in [2.05, 4.69) is 15.2 Å². The molecule has 1 aromatic carbocycles. The number of benzene rings is 1. The van der Waals surface area contributed by atoms with Gasteiger partial charge in [0.1, 0.15) is 10.7 Å². The fourth-order valence-corrected chi connectivity index (χ4v) is 5.48. The average molecular weight is 468 g/mol. The first-order valence-corrected chi connectivity index (χ1v) is 12.8. The fraction of sp³-hybridized carbons (Fsp3) is 0.368. The molecule has 168 valence electrons. The third-order valence-corrected chi connectivity index (χ3v) is 8.22. The van der Waals surface area contributed by atoms with Gasteiger partial charge in [0, 0.05) is 37.9 Å². The van der Waals surface area contributed by atoms with Gasteiger partial charge >= 0.3 is 0 Å². The maximum atomic E-state index is 12.5. The highest BCUT2D eigenvalue weighted by Gasteiger charge is 2.23. The van der Waals surface area contributed by atoms with Crippen LogP contribution in [0.3, 0.4) is 0 Å². The molecule has 10 nitrogen and oxygen atoms in total. The van der Waals surface area contributed by atoms with E-state index in [9.17, 15) is 21.6 Å². The Kier molecular flexibility index (Phi) is 6.94. The molecule has 0 atom stereocenters. The highest BCUT2D eigenvalue weighted by Crippen LogP contribution is 2.23. The number of hydrogen-bond donors (Lipinski definition) is 2. The van der Waals surface area contributed by atoms with E-state index < -0.39 is 20.0 Å². The number of amides is 1. The Morgan fingerprint density at radius 1 is 1.00 bits per heavy atom. The molecular formula is C19H25N5O5S2. The Balaban J connectivity index is 1.67. The van der Waals surface area contributed by atoms with Gasteiger partial charge in [0.05, 0.1) is 4.90 Å². The van der Waals surface area contributed by atoms with E-state index in [1.807, 2.05) is 0 Å². The van der Waals surface area contributed by atoms with Gasteiger partial charge in [-0.15, -0.1) is 4.83 Å². The van der Waals surface area contributed by atoms with E-state index in [1.165, 1.54) is 34.8 Å². The molecule has 1 fully saturated rings. The quantitative estimate of drug-likeness (QED) is 0.535. The Bertz CT molecular complexity index is 1130. The zero-order valence-electron chi connectivity index (χ0n) is 17.3. The standard InChI is InChI=1S/C19H25N5O5S2/c1-3-23(4-2)31(28,29)17-11-12-18(20-14-17)21-22-30(26,27)16-9-7-15(8-10-16)24-13-5-6-19(24)25/h7-12,14,22H,3-6,13H2,1-2H3,(H,20,21). The summed E-state index contributed by atoms with van der Waals surface area (Å²) in [6.07, 6.45) is 2.45. The molecule has 0 unspecified atom stereocenters. The third kappa shape index (κ3) is 5.03. The number of pyridine rings is 1. The topological polar surface area (TPSA) is 129 Å². The first-order valence-electron chi connectivity index (χ1n) is 9.83. The molecule has 0 aliphatic carbocycles. The largest absolute Gasteiger partial charge is 0.312 e. The van der Waals surface area contributed by atoms with E-state index in [-0.39, 0.29) is 21.5 Å². The predicted octanol–water partition coefficient (Wildman–Crippen LogP) is 1.54. The van der Waals surface area contributed by atoms with Gasteiger partial charge in [-0.25, -0.2) is 21.8 Å². The molecule has 0 radical (unpaired) electrons. The van der Waals surface area contributed by atoms with Crippen molar-refractivity contribution in [3.8, 4) is 0 Å². The predicted molar refractivity (Wildman–Crippen MR) is 116 cm³/mol. The zero-order chi connectivity index (χ0) is 22.6. The molecule has 31 heavy (non-hydrogen) atoms. The number of anilines is 2. The number of nitrogens with one attached hydrogen (secondary N) is 2. The number of hydrazine groups is 1. The molecule has 1 saturated heterocycles. The van der Waals surface area contributed by atoms with Crippen LogP contribution in [0.25, 0.3) is 0 Å². The Labute approximate surface area is 182 Å². The van der Waals surface area contributed by atoms with Crippen molar-refractivity contribution in [2.75, 3.05) is 30.0 Å². The van der Waals surface area contributed by atoms with Crippen LogP contribution >= 0.6 is 0 Å². The Morgan fingerprint density at radius 3 is 2.16 bits per heavy atom. The minimum Gasteiger partial charge on any atom is -0.312 e. The molecule has 1 aromatic heterocycles. The van der Waals surface area contributed by atoms with Gasteiger partial charge < -0.3 is 4.90 Å². The number of aromatic nitrogens is 1. The third-order valence-electron chi connectivity index (χ3n) is 4.93. The lowest BCUT2D eigenvalue weighted by atomic mass is 10.3. The molecule has 2 aromatic rings. The van der Waals surface area contributed by atoms with Crippen LogP contribution in [0.4, 0.5) is 11.5 Å². The summed E-state index contributed by atoms with van der Waals surface area (Å²) in [4.78, 5) is 19.7. The lowest BCUT2D eigenvalue weighted by Gasteiger charge is -2.18. The van der Waals surface area contributed by atoms with Crippen LogP contribution < -0.4 is 15.2 Å². The SMILES string of the molecule is CCN(CC)S(=O)(=O)c1ccc(NNS(=O)(=O)c2ccc(N3CCCC3=O)cc2)nc1. The number of nitrogens with zero attached hydrogens (tertiary/aromatic N) is 3. The first-order chi connectivity index (χ1) is 14.7. The highest BCUT2D eigenvalue weighted by atomic mass is 32.2. The average Bonchev–Trinajstić information content (AvgIpc) is 3.19. The molecule has 0 bridgehead atoms. The van der Waals surface area contributed by atoms with Crippen LogP contribution in [0.5, 0.6) is 0 Å². The van der Waals surface area contributed by atoms with Gasteiger partial charge in [0.25, 0.3) is 10.0 Å². The number of carbonyl (C=O) groups is 1. The summed E-state index contributed by atoms with van der Waals surface area (Å²) in [5, 5.41) is 0. The van der Waals surface area contributed by atoms with Crippen LogP contribution in [0, 0.1) is 0 Å². The van der Waals surface area contributed by atoms with Gasteiger partial charge in [-0.3, -0.25) is 10.2 Å². The maximum absolute atomic E-state index is 12.5. The summed E-state index contributed by atoms with van der Waals surface area (Å²) >= 11 is 0. The second-order valence-corrected chi connectivity index (χ2v) is 10.5. The van der Waals surface area contributed by atoms with E-state index >= 15 is 0 Å². The van der Waals surface area contributed by atoms with Gasteiger partial charge in [-0.05, 0) is 42.8 Å². The van der Waals surface area contributed by atoms with E-state index in [0.29, 0.717) is 31.7 Å². The van der Waals surface area contributed by atoms with Crippen LogP contribution in [-0.2, 0) is 24.8 Å². The number of hydrogen-bond acceptors (Lipinski definition) is 7. The van der Waals surface area contributed by atoms with Gasteiger partial charge in [-0.2, -0.15) is 4.31 Å². The number of sulfonamides is 2. The van der Waals surface area contributed by atoms with Crippen molar-refractivity contribution in [2.24, 2.45) is 0 Å². The monoisotopic (exact) mass is 467 g/mol. The molecule has 0 spiro atoms. The summed E-state index contributed by atoms with van der Waals surface area (Å²) in [5.41, 5.74) is 3.13. The second kappa shape index (κ2) is 9.30. The van der Waals surface area contributed by atoms with Crippen molar-refractivity contribution in [3.05, 3.63) is 42.6 Å². The van der Waals surface area contributed by atoms with E-state index in [0.717, 1.165) is 6.42 Å². The highest BCUT2D eigenvalue weighted by molar-refractivity contribution is 7.89. The molecule has 1 aliphatic rings. The summed E-state index contributed by atoms with van der Waals surface area (Å²) in [7, 11) is -7.55. The van der Waals surface area contributed by atoms with Gasteiger partial charge in [-0.1, -0.05) is 13.8 Å². The minimum atomic E-state index is -3.90. The van der Waals surface area contributed by atoms with Crippen molar-refractivity contribution in [1.82, 2.24) is 14.1 Å². The number of carbonyl (C=O) groups excluding carboxylic acids is 1. The smallest absolute Gasteiger partial charge is 0.257 e. The lowest BCUT2D eigenvalue weighted by molar-refractivity contribution is -0.117. The van der Waals surface area contributed by atoms with Crippen molar-refractivity contribution in [3.63, 3.8) is 0 Å². The Morgan fingerprint density at radius 2 is 1.65 bits per heavy atom. The van der Waals surface area contributed by atoms with Crippen molar-refractivity contribution in [1.29, 1.82) is 0 Å². The first kappa shape index (κ1) is 23.1. The zero-order valence-corrected chi connectivity index (χ0v) is 18.9. The van der Waals surface area contributed by atoms with Crippen molar-refractivity contribution >= 4 is 37.5 Å². The molecule has 12 heteroatoms. The van der Waals surface area contributed by atoms with Gasteiger partial charge in [0.2, 0.25) is 15.9 Å². The van der Waals surface area contributed by atoms with Crippen LogP contribution in [0.2, 0.25) is 0 Å². The molecule has 0 saturated carbocycles. The normalized spacial score (nSPS) is 14.9. The van der Waals surface area contributed by atoms with Crippen molar-refractivity contribution in [2.45, 2.75) is 36.5 Å². The molecule has 1 amide bonds. The second-order valence-electron chi connectivity index (χ2n) is 6.84. The van der Waals surface area contributed by atoms with Crippen LogP contribution in [0.1, 0.15) is 26.7 Å². The summed E-state index contributed by atoms with van der Waals surface area (Å²) in [5.74, 6) is 0.161.